The molecule has 0 radical (unpaired) electrons. The third-order valence-electron chi connectivity index (χ3n) is 1.18. The number of rotatable bonds is 4. The van der Waals surface area contributed by atoms with Gasteiger partial charge in [-0.15, -0.1) is 24.9 Å². The maximum absolute atomic E-state index is 10.5. The molecule has 23 heavy (non-hydrogen) atoms. The van der Waals surface area contributed by atoms with E-state index in [-0.39, 0.29) is 38.4 Å². The number of carbonyl (C=O) groups excluding carboxylic acids is 2. The van der Waals surface area contributed by atoms with Gasteiger partial charge in [-0.3, -0.25) is 4.79 Å². The molecule has 0 amide bonds. The zero-order valence-corrected chi connectivity index (χ0v) is 17.7. The minimum Gasteiger partial charge on any atom is -0.852 e. The summed E-state index contributed by atoms with van der Waals surface area (Å²) in [4.78, 5) is 20.7. The molecular weight excluding hydrogens is 379 g/mol. The Kier molecular flexibility index (Phi) is 35.4. The van der Waals surface area contributed by atoms with Crippen LogP contribution in [0.4, 0.5) is 0 Å². The molecule has 1 unspecified atom stereocenters. The van der Waals surface area contributed by atoms with Crippen molar-refractivity contribution in [3.05, 3.63) is 12.7 Å². The van der Waals surface area contributed by atoms with Crippen LogP contribution in [-0.2, 0) is 35.8 Å². The van der Waals surface area contributed by atoms with Crippen molar-refractivity contribution in [3.63, 3.8) is 0 Å². The quantitative estimate of drug-likeness (QED) is 0.423. The van der Waals surface area contributed by atoms with Crippen molar-refractivity contribution in [2.24, 2.45) is 5.92 Å². The van der Waals surface area contributed by atoms with Crippen molar-refractivity contribution in [3.8, 4) is 0 Å². The standard InChI is InChI=1S/C7H10O3.3C3H7O.Zr/c1-3-4-6(5(2)8)7(9)10;3*1-3(2)4;/h3,6H,1,4H2,2H3,(H,9,10);3*3H,1-2H3;/q;3*-1;+4/p-1. The first-order chi connectivity index (χ1) is 9.79. The first kappa shape index (κ1) is 34.1. The van der Waals surface area contributed by atoms with Crippen molar-refractivity contribution in [2.75, 3.05) is 0 Å². The van der Waals surface area contributed by atoms with Gasteiger partial charge in [0.2, 0.25) is 0 Å². The number of aliphatic carboxylic acids is 1. The van der Waals surface area contributed by atoms with E-state index in [4.69, 9.17) is 0 Å². The number of ketones is 1. The SMILES string of the molecule is C=CCC(C(C)=O)C(=O)[O-].CC(C)[O-].CC(C)[O-].CC(C)[O-].[Zr+4]. The molecule has 0 bridgehead atoms. The van der Waals surface area contributed by atoms with E-state index in [9.17, 15) is 30.0 Å². The van der Waals surface area contributed by atoms with Gasteiger partial charge in [0, 0.05) is 0 Å². The van der Waals surface area contributed by atoms with E-state index in [2.05, 4.69) is 6.58 Å². The number of carbonyl (C=O) groups is 2. The Balaban J connectivity index is -0.0000000700. The van der Waals surface area contributed by atoms with Gasteiger partial charge < -0.3 is 25.2 Å². The molecule has 0 aliphatic heterocycles. The van der Waals surface area contributed by atoms with E-state index in [1.165, 1.54) is 13.0 Å². The summed E-state index contributed by atoms with van der Waals surface area (Å²) < 4.78 is 0. The van der Waals surface area contributed by atoms with Crippen LogP contribution in [0.25, 0.3) is 0 Å². The molecule has 0 aliphatic rings. The van der Waals surface area contributed by atoms with Gasteiger partial charge in [-0.25, -0.2) is 0 Å². The number of hydrogen-bond donors (Lipinski definition) is 0. The molecule has 0 N–H and O–H groups in total. The Hall–Kier alpha value is -0.357. The van der Waals surface area contributed by atoms with Crippen molar-refractivity contribution in [2.45, 2.75) is 73.2 Å². The minimum atomic E-state index is -1.33. The number of carboxylic acid groups (broad SMARTS) is 1. The molecule has 0 saturated carbocycles. The van der Waals surface area contributed by atoms with Gasteiger partial charge in [0.1, 0.15) is 5.78 Å². The summed E-state index contributed by atoms with van der Waals surface area (Å²) in [5, 5.41) is 38.7. The van der Waals surface area contributed by atoms with Crippen molar-refractivity contribution < 1.29 is 56.2 Å². The van der Waals surface area contributed by atoms with Crippen molar-refractivity contribution in [1.82, 2.24) is 0 Å². The van der Waals surface area contributed by atoms with E-state index in [0.29, 0.717) is 0 Å². The van der Waals surface area contributed by atoms with Gasteiger partial charge in [-0.1, -0.05) is 47.6 Å². The maximum Gasteiger partial charge on any atom is 4.00 e. The maximum atomic E-state index is 10.5. The fourth-order valence-electron chi connectivity index (χ4n) is 0.595. The summed E-state index contributed by atoms with van der Waals surface area (Å²) in [6.07, 6.45) is 0.291. The topological polar surface area (TPSA) is 126 Å². The molecule has 6 nitrogen and oxygen atoms in total. The van der Waals surface area contributed by atoms with Crippen LogP contribution >= 0.6 is 0 Å². The summed E-state index contributed by atoms with van der Waals surface area (Å²) in [6, 6.07) is 0. The van der Waals surface area contributed by atoms with Crippen LogP contribution in [0.15, 0.2) is 12.7 Å². The molecule has 7 heteroatoms. The third-order valence-corrected chi connectivity index (χ3v) is 1.18. The van der Waals surface area contributed by atoms with Crippen LogP contribution in [0.1, 0.15) is 54.9 Å². The Bertz CT molecular complexity index is 241. The molecule has 0 heterocycles. The summed E-state index contributed by atoms with van der Waals surface area (Å²) in [6.45, 7) is 14.2. The third kappa shape index (κ3) is 73.7. The molecule has 0 fully saturated rings. The first-order valence-corrected chi connectivity index (χ1v) is 7.09. The van der Waals surface area contributed by atoms with Gasteiger partial charge in [0.15, 0.2) is 0 Å². The second-order valence-corrected chi connectivity index (χ2v) is 5.15. The molecule has 0 aromatic carbocycles. The average Bonchev–Trinajstić information content (AvgIpc) is 2.22. The van der Waals surface area contributed by atoms with E-state index >= 15 is 0 Å². The first-order valence-electron chi connectivity index (χ1n) is 7.09. The number of hydrogen-bond acceptors (Lipinski definition) is 6. The van der Waals surface area contributed by atoms with Gasteiger partial charge in [0.25, 0.3) is 0 Å². The zero-order chi connectivity index (χ0) is 18.9. The van der Waals surface area contributed by atoms with Crippen LogP contribution in [0.3, 0.4) is 0 Å². The second-order valence-electron chi connectivity index (χ2n) is 5.15. The Morgan fingerprint density at radius 1 is 0.913 bits per heavy atom. The average molecular weight is 410 g/mol. The Morgan fingerprint density at radius 2 is 1.13 bits per heavy atom. The van der Waals surface area contributed by atoms with Crippen molar-refractivity contribution in [1.29, 1.82) is 0 Å². The molecule has 134 valence electrons. The van der Waals surface area contributed by atoms with Crippen LogP contribution in [0.5, 0.6) is 0 Å². The molecule has 0 aromatic rings. The number of Topliss-reactive ketones (excluding diaryl/α,β-unsaturated/α-hetero) is 1. The Morgan fingerprint density at radius 3 is 1.17 bits per heavy atom. The summed E-state index contributed by atoms with van der Waals surface area (Å²) in [5.41, 5.74) is 0. The minimum absolute atomic E-state index is 0. The Labute approximate surface area is 159 Å². The number of carboxylic acids is 1. The second kappa shape index (κ2) is 23.9. The van der Waals surface area contributed by atoms with Crippen molar-refractivity contribution >= 4 is 11.8 Å². The largest absolute Gasteiger partial charge is 4.00 e. The molecule has 0 aromatic heterocycles. The predicted molar refractivity (Wildman–Crippen MR) is 79.4 cm³/mol. The molecular formula is C16H30O6Zr. The molecule has 0 rings (SSSR count). The van der Waals surface area contributed by atoms with Gasteiger partial charge >= 0.3 is 26.2 Å². The fraction of sp³-hybridized carbons (Fsp3) is 0.750. The van der Waals surface area contributed by atoms with E-state index in [0.717, 1.165) is 0 Å². The summed E-state index contributed by atoms with van der Waals surface area (Å²) in [5.74, 6) is -2.73. The normalized spacial score (nSPS) is 9.96. The van der Waals surface area contributed by atoms with Crippen LogP contribution in [-0.4, -0.2) is 30.1 Å². The number of allylic oxidation sites excluding steroid dienone is 1. The smallest absolute Gasteiger partial charge is 0.852 e. The van der Waals surface area contributed by atoms with E-state index in [1.807, 2.05) is 0 Å². The summed E-state index contributed by atoms with van der Waals surface area (Å²) in [7, 11) is 0. The molecule has 1 atom stereocenters. The van der Waals surface area contributed by atoms with Gasteiger partial charge in [0.05, 0.1) is 11.9 Å². The van der Waals surface area contributed by atoms with Crippen LogP contribution in [0, 0.1) is 5.92 Å². The summed E-state index contributed by atoms with van der Waals surface area (Å²) >= 11 is 0. The molecule has 0 aliphatic carbocycles. The van der Waals surface area contributed by atoms with E-state index in [1.54, 1.807) is 41.5 Å². The molecule has 0 spiro atoms. The monoisotopic (exact) mass is 408 g/mol. The van der Waals surface area contributed by atoms with Crippen LogP contribution < -0.4 is 20.4 Å². The zero-order valence-electron chi connectivity index (χ0n) is 15.3. The van der Waals surface area contributed by atoms with Gasteiger partial charge in [-0.05, 0) is 13.3 Å². The molecule has 0 saturated heterocycles. The van der Waals surface area contributed by atoms with E-state index < -0.39 is 30.2 Å². The predicted octanol–water partition coefficient (Wildman–Crippen LogP) is -1.22. The fourth-order valence-corrected chi connectivity index (χ4v) is 0.595. The van der Waals surface area contributed by atoms with Gasteiger partial charge in [-0.2, -0.15) is 0 Å². The van der Waals surface area contributed by atoms with Crippen LogP contribution in [0.2, 0.25) is 0 Å².